The molecule has 2 aliphatic carbocycles. The number of benzene rings is 1. The molecule has 0 amide bonds. The molecule has 29 heavy (non-hydrogen) atoms. The molecule has 152 valence electrons. The van der Waals surface area contributed by atoms with Gasteiger partial charge in [0.2, 0.25) is 5.43 Å². The molecule has 1 saturated heterocycles. The quantitative estimate of drug-likeness (QED) is 0.778. The van der Waals surface area contributed by atoms with Crippen LogP contribution in [0.15, 0.2) is 35.3 Å². The molecule has 7 heteroatoms. The summed E-state index contributed by atoms with van der Waals surface area (Å²) in [4.78, 5) is 26.2. The fourth-order valence-electron chi connectivity index (χ4n) is 5.01. The third-order valence-electron chi connectivity index (χ3n) is 6.83. The van der Waals surface area contributed by atoms with Gasteiger partial charge in [-0.25, -0.2) is 9.18 Å². The van der Waals surface area contributed by atoms with Crippen LogP contribution in [0.3, 0.4) is 0 Å². The van der Waals surface area contributed by atoms with E-state index in [2.05, 4.69) is 13.0 Å². The number of carbonyl (C=O) groups is 1. The zero-order chi connectivity index (χ0) is 20.4. The van der Waals surface area contributed by atoms with E-state index >= 15 is 4.39 Å². The van der Waals surface area contributed by atoms with Crippen molar-refractivity contribution in [2.45, 2.75) is 31.8 Å². The number of carboxylic acid groups (broad SMARTS) is 1. The van der Waals surface area contributed by atoms with Crippen molar-refractivity contribution in [3.05, 3.63) is 52.1 Å². The van der Waals surface area contributed by atoms with E-state index in [-0.39, 0.29) is 29.0 Å². The molecule has 6 nitrogen and oxygen atoms in total. The van der Waals surface area contributed by atoms with Crippen LogP contribution in [0.5, 0.6) is 0 Å². The zero-order valence-electron chi connectivity index (χ0n) is 16.2. The Balaban J connectivity index is 1.62. The standard InChI is InChI=1S/C22H24FN3O3/c1-11-2-5-18(24)15-9-25(8-14(11)15)20-7-19-13(6-17(20)23)21(27)16(22(28)29)10-26(19)12-3-4-12/h2,5-7,10-12,14-15,18H,3-4,8-9,24H2,1H3,(H,28,29). The van der Waals surface area contributed by atoms with Gasteiger partial charge in [0, 0.05) is 42.7 Å². The lowest BCUT2D eigenvalue weighted by atomic mass is 9.77. The summed E-state index contributed by atoms with van der Waals surface area (Å²) < 4.78 is 17.0. The highest BCUT2D eigenvalue weighted by Crippen LogP contribution is 2.41. The van der Waals surface area contributed by atoms with Crippen LogP contribution in [-0.4, -0.2) is 34.8 Å². The van der Waals surface area contributed by atoms with Gasteiger partial charge in [-0.2, -0.15) is 0 Å². The lowest BCUT2D eigenvalue weighted by Crippen LogP contribution is -2.38. The molecule has 0 bridgehead atoms. The molecule has 1 aromatic carbocycles. The van der Waals surface area contributed by atoms with Crippen LogP contribution in [0.2, 0.25) is 0 Å². The van der Waals surface area contributed by atoms with E-state index in [1.54, 1.807) is 6.07 Å². The van der Waals surface area contributed by atoms with Crippen LogP contribution in [0.4, 0.5) is 10.1 Å². The number of nitrogens with zero attached hydrogens (tertiary/aromatic N) is 2. The maximum absolute atomic E-state index is 15.1. The second-order valence-corrected chi connectivity index (χ2v) is 8.69. The van der Waals surface area contributed by atoms with Crippen molar-refractivity contribution in [3.63, 3.8) is 0 Å². The van der Waals surface area contributed by atoms with E-state index < -0.39 is 17.2 Å². The fraction of sp³-hybridized carbons (Fsp3) is 0.455. The molecule has 2 fully saturated rings. The van der Waals surface area contributed by atoms with Gasteiger partial charge in [-0.15, -0.1) is 0 Å². The molecule has 1 aromatic heterocycles. The number of fused-ring (bicyclic) bond motifs is 2. The Morgan fingerprint density at radius 1 is 1.21 bits per heavy atom. The number of pyridine rings is 1. The van der Waals surface area contributed by atoms with Crippen molar-refractivity contribution in [1.29, 1.82) is 0 Å². The summed E-state index contributed by atoms with van der Waals surface area (Å²) in [5.74, 6) is -0.756. The summed E-state index contributed by atoms with van der Waals surface area (Å²) in [6.07, 6.45) is 7.46. The average molecular weight is 397 g/mol. The van der Waals surface area contributed by atoms with Gasteiger partial charge in [0.05, 0.1) is 11.2 Å². The Hall–Kier alpha value is -2.67. The number of hydrogen-bond acceptors (Lipinski definition) is 4. The summed E-state index contributed by atoms with van der Waals surface area (Å²) in [6.45, 7) is 3.55. The molecule has 4 unspecified atom stereocenters. The minimum atomic E-state index is -1.28. The highest BCUT2D eigenvalue weighted by molar-refractivity contribution is 5.93. The summed E-state index contributed by atoms with van der Waals surface area (Å²) in [5.41, 5.74) is 6.40. The highest BCUT2D eigenvalue weighted by atomic mass is 19.1. The van der Waals surface area contributed by atoms with E-state index in [0.29, 0.717) is 36.1 Å². The average Bonchev–Trinajstić information content (AvgIpc) is 3.42. The SMILES string of the molecule is CC1C=CC(N)C2CN(c3cc4c(cc3F)c(=O)c(C(=O)O)cn4C3CC3)CC12. The molecule has 3 N–H and O–H groups in total. The summed E-state index contributed by atoms with van der Waals surface area (Å²) in [6, 6.07) is 3.06. The molecule has 5 rings (SSSR count). The molecule has 2 aromatic rings. The fourth-order valence-corrected chi connectivity index (χ4v) is 5.01. The van der Waals surface area contributed by atoms with Gasteiger partial charge in [-0.3, -0.25) is 4.79 Å². The lowest BCUT2D eigenvalue weighted by Gasteiger charge is -2.30. The number of aromatic carboxylic acids is 1. The van der Waals surface area contributed by atoms with Crippen molar-refractivity contribution < 1.29 is 14.3 Å². The normalized spacial score (nSPS) is 28.7. The van der Waals surface area contributed by atoms with Crippen molar-refractivity contribution in [3.8, 4) is 0 Å². The number of carboxylic acids is 1. The molecule has 4 atom stereocenters. The van der Waals surface area contributed by atoms with Gasteiger partial charge in [-0.1, -0.05) is 19.1 Å². The number of anilines is 1. The number of allylic oxidation sites excluding steroid dienone is 1. The molecule has 2 heterocycles. The molecule has 1 saturated carbocycles. The van der Waals surface area contributed by atoms with Crippen LogP contribution in [0, 0.1) is 23.6 Å². The molecule has 0 radical (unpaired) electrons. The number of rotatable bonds is 3. The Morgan fingerprint density at radius 3 is 2.59 bits per heavy atom. The van der Waals surface area contributed by atoms with Gasteiger partial charge in [0.1, 0.15) is 11.4 Å². The minimum Gasteiger partial charge on any atom is -0.477 e. The maximum atomic E-state index is 15.1. The van der Waals surface area contributed by atoms with E-state index in [9.17, 15) is 14.7 Å². The zero-order valence-corrected chi connectivity index (χ0v) is 16.2. The van der Waals surface area contributed by atoms with E-state index in [0.717, 1.165) is 12.8 Å². The third kappa shape index (κ3) is 2.87. The van der Waals surface area contributed by atoms with Crippen LogP contribution >= 0.6 is 0 Å². The monoisotopic (exact) mass is 397 g/mol. The first-order valence-corrected chi connectivity index (χ1v) is 10.2. The lowest BCUT2D eigenvalue weighted by molar-refractivity contribution is 0.0695. The summed E-state index contributed by atoms with van der Waals surface area (Å²) in [5, 5.41) is 9.51. The van der Waals surface area contributed by atoms with Crippen molar-refractivity contribution in [2.75, 3.05) is 18.0 Å². The van der Waals surface area contributed by atoms with Crippen LogP contribution in [0.25, 0.3) is 10.9 Å². The highest BCUT2D eigenvalue weighted by Gasteiger charge is 2.41. The summed E-state index contributed by atoms with van der Waals surface area (Å²) in [7, 11) is 0. The summed E-state index contributed by atoms with van der Waals surface area (Å²) >= 11 is 0. The first kappa shape index (κ1) is 18.4. The maximum Gasteiger partial charge on any atom is 0.341 e. The number of hydrogen-bond donors (Lipinski definition) is 2. The molecular weight excluding hydrogens is 373 g/mol. The van der Waals surface area contributed by atoms with Crippen molar-refractivity contribution in [2.24, 2.45) is 23.5 Å². The Labute approximate surface area is 167 Å². The van der Waals surface area contributed by atoms with Gasteiger partial charge >= 0.3 is 5.97 Å². The van der Waals surface area contributed by atoms with E-state index in [1.165, 1.54) is 12.3 Å². The van der Waals surface area contributed by atoms with Crippen LogP contribution < -0.4 is 16.1 Å². The second-order valence-electron chi connectivity index (χ2n) is 8.69. The van der Waals surface area contributed by atoms with Crippen LogP contribution in [0.1, 0.15) is 36.2 Å². The predicted molar refractivity (Wildman–Crippen MR) is 109 cm³/mol. The number of halogens is 1. The van der Waals surface area contributed by atoms with Gasteiger partial charge in [-0.05, 0) is 36.8 Å². The van der Waals surface area contributed by atoms with Crippen molar-refractivity contribution in [1.82, 2.24) is 4.57 Å². The van der Waals surface area contributed by atoms with E-state index in [4.69, 9.17) is 5.73 Å². The second kappa shape index (κ2) is 6.42. The predicted octanol–water partition coefficient (Wildman–Crippen LogP) is 2.76. The Morgan fingerprint density at radius 2 is 1.93 bits per heavy atom. The van der Waals surface area contributed by atoms with Gasteiger partial charge in [0.25, 0.3) is 0 Å². The number of aromatic nitrogens is 1. The smallest absolute Gasteiger partial charge is 0.341 e. The molecule has 0 spiro atoms. The molecular formula is C22H24FN3O3. The Kier molecular flexibility index (Phi) is 4.07. The minimum absolute atomic E-state index is 0.0347. The van der Waals surface area contributed by atoms with E-state index in [1.807, 2.05) is 15.5 Å². The van der Waals surface area contributed by atoms with Crippen molar-refractivity contribution >= 4 is 22.6 Å². The Bertz CT molecular complexity index is 1080. The topological polar surface area (TPSA) is 88.6 Å². The third-order valence-corrected chi connectivity index (χ3v) is 6.83. The van der Waals surface area contributed by atoms with Crippen LogP contribution in [-0.2, 0) is 0 Å². The van der Waals surface area contributed by atoms with Gasteiger partial charge < -0.3 is 20.3 Å². The first-order chi connectivity index (χ1) is 13.8. The largest absolute Gasteiger partial charge is 0.477 e. The molecule has 1 aliphatic heterocycles. The van der Waals surface area contributed by atoms with Gasteiger partial charge in [0.15, 0.2) is 0 Å². The molecule has 3 aliphatic rings. The first-order valence-electron chi connectivity index (χ1n) is 10.2. The number of nitrogens with two attached hydrogens (primary N) is 1.